The number of aliphatic hydroxyl groups excluding tert-OH is 1. The summed E-state index contributed by atoms with van der Waals surface area (Å²) in [7, 11) is 0. The molecule has 11 atom stereocenters. The van der Waals surface area contributed by atoms with Crippen molar-refractivity contribution in [2.75, 3.05) is 6.61 Å². The number of carbonyl (C=O) groups is 6. The number of esters is 4. The third-order valence-electron chi connectivity index (χ3n) is 13.6. The van der Waals surface area contributed by atoms with E-state index in [4.69, 9.17) is 29.4 Å². The van der Waals surface area contributed by atoms with E-state index in [0.29, 0.717) is 11.1 Å². The monoisotopic (exact) mass is 852 g/mol. The Kier molecular flexibility index (Phi) is 11.8. The van der Waals surface area contributed by atoms with Gasteiger partial charge in [0, 0.05) is 37.7 Å². The maximum absolute atomic E-state index is 15.5. The zero-order chi connectivity index (χ0) is 44.9. The van der Waals surface area contributed by atoms with Gasteiger partial charge >= 0.3 is 23.9 Å². The van der Waals surface area contributed by atoms with Crippen LogP contribution in [0.4, 0.5) is 0 Å². The highest BCUT2D eigenvalue weighted by atomic mass is 16.6. The number of nitrogens with two attached hydrogens (primary N) is 1. The fourth-order valence-electron chi connectivity index (χ4n) is 10.2. The normalized spacial score (nSPS) is 31.9. The predicted molar refractivity (Wildman–Crippen MR) is 220 cm³/mol. The lowest BCUT2D eigenvalue weighted by Crippen LogP contribution is -2.82. The Morgan fingerprint density at radius 2 is 1.42 bits per heavy atom. The van der Waals surface area contributed by atoms with Crippen LogP contribution < -0.4 is 11.1 Å². The Bertz CT molecular complexity index is 2280. The second kappa shape index (κ2) is 16.5. The molecule has 0 unspecified atom stereocenters. The topological polar surface area (TPSA) is 227 Å². The summed E-state index contributed by atoms with van der Waals surface area (Å²) in [4.78, 5) is 83.7. The molecule has 3 aliphatic carbocycles. The van der Waals surface area contributed by atoms with Gasteiger partial charge in [0.2, 0.25) is 0 Å². The molecule has 328 valence electrons. The molecule has 15 heteroatoms. The van der Waals surface area contributed by atoms with Crippen molar-refractivity contribution in [2.24, 2.45) is 22.5 Å². The second-order valence-corrected chi connectivity index (χ2v) is 17.4. The number of aliphatic hydroxyl groups is 2. The molecular formula is C47H52N2O13. The summed E-state index contributed by atoms with van der Waals surface area (Å²) in [5.74, 6) is -6.44. The maximum Gasteiger partial charge on any atom is 0.338 e. The van der Waals surface area contributed by atoms with Crippen molar-refractivity contribution >= 4 is 35.6 Å². The lowest BCUT2D eigenvalue weighted by Gasteiger charge is -2.67. The minimum absolute atomic E-state index is 0.0379. The third-order valence-corrected chi connectivity index (χ3v) is 13.6. The van der Waals surface area contributed by atoms with Crippen LogP contribution in [0.3, 0.4) is 0 Å². The highest BCUT2D eigenvalue weighted by molar-refractivity contribution is 5.96. The van der Waals surface area contributed by atoms with Crippen molar-refractivity contribution < 1.29 is 62.7 Å². The van der Waals surface area contributed by atoms with Gasteiger partial charge in [0.05, 0.1) is 35.6 Å². The first-order chi connectivity index (χ1) is 29.3. The minimum Gasteiger partial charge on any atom is -0.456 e. The molecule has 4 aliphatic rings. The van der Waals surface area contributed by atoms with Crippen LogP contribution >= 0.6 is 0 Å². The number of amides is 1. The maximum atomic E-state index is 15.5. The number of fused-ring (bicyclic) bond motifs is 5. The van der Waals surface area contributed by atoms with Gasteiger partial charge in [0.25, 0.3) is 5.91 Å². The van der Waals surface area contributed by atoms with Crippen molar-refractivity contribution in [1.29, 1.82) is 0 Å². The number of ketones is 1. The van der Waals surface area contributed by atoms with Gasteiger partial charge in [-0.2, -0.15) is 0 Å². The number of Topliss-reactive ketones (excluding diaryl/α,β-unsaturated/α-hetero) is 1. The summed E-state index contributed by atoms with van der Waals surface area (Å²) in [5, 5.41) is 28.6. The lowest BCUT2D eigenvalue weighted by molar-refractivity contribution is -0.346. The summed E-state index contributed by atoms with van der Waals surface area (Å²) in [6.45, 7) is 8.13. The van der Waals surface area contributed by atoms with Crippen LogP contribution in [0, 0.1) is 16.7 Å². The average molecular weight is 853 g/mol. The largest absolute Gasteiger partial charge is 0.456 e. The molecule has 0 aromatic heterocycles. The van der Waals surface area contributed by atoms with E-state index in [1.807, 2.05) is 0 Å². The highest BCUT2D eigenvalue weighted by Gasteiger charge is 2.78. The van der Waals surface area contributed by atoms with E-state index in [2.05, 4.69) is 5.32 Å². The van der Waals surface area contributed by atoms with E-state index in [1.165, 1.54) is 19.1 Å². The highest BCUT2D eigenvalue weighted by Crippen LogP contribution is 2.64. The number of hydrogen-bond acceptors (Lipinski definition) is 14. The number of carbonyl (C=O) groups excluding carboxylic acids is 6. The Balaban J connectivity index is 1.39. The fraction of sp³-hybridized carbons (Fsp3) is 0.447. The number of nitrogens with one attached hydrogen (secondary N) is 1. The molecule has 3 fully saturated rings. The van der Waals surface area contributed by atoms with Crippen molar-refractivity contribution in [3.8, 4) is 0 Å². The molecule has 15 nitrogen and oxygen atoms in total. The number of hydrogen-bond donors (Lipinski definition) is 4. The van der Waals surface area contributed by atoms with Crippen LogP contribution in [0.1, 0.15) is 86.7 Å². The summed E-state index contributed by atoms with van der Waals surface area (Å²) in [5.41, 5.74) is 0.0737. The average Bonchev–Trinajstić information content (AvgIpc) is 3.24. The van der Waals surface area contributed by atoms with Crippen molar-refractivity contribution in [3.63, 3.8) is 0 Å². The molecule has 2 bridgehead atoms. The first-order valence-electron chi connectivity index (χ1n) is 20.5. The minimum atomic E-state index is -2.35. The molecule has 2 saturated carbocycles. The molecule has 0 spiro atoms. The quantitative estimate of drug-likeness (QED) is 0.130. The number of ether oxygens (including phenoxy) is 5. The molecule has 1 saturated heterocycles. The summed E-state index contributed by atoms with van der Waals surface area (Å²) in [6.07, 6.45) is -8.23. The Morgan fingerprint density at radius 1 is 0.839 bits per heavy atom. The van der Waals surface area contributed by atoms with Crippen LogP contribution in [0.5, 0.6) is 0 Å². The summed E-state index contributed by atoms with van der Waals surface area (Å²) >= 11 is 0. The second-order valence-electron chi connectivity index (χ2n) is 17.4. The first kappa shape index (κ1) is 44.3. The molecule has 3 aromatic carbocycles. The Labute approximate surface area is 358 Å². The van der Waals surface area contributed by atoms with Crippen LogP contribution in [0.15, 0.2) is 102 Å². The van der Waals surface area contributed by atoms with Crippen molar-refractivity contribution in [1.82, 2.24) is 5.32 Å². The lowest BCUT2D eigenvalue weighted by atomic mass is 9.44. The zero-order valence-corrected chi connectivity index (χ0v) is 35.4. The molecule has 1 aliphatic heterocycles. The van der Waals surface area contributed by atoms with E-state index in [9.17, 15) is 34.2 Å². The van der Waals surface area contributed by atoms with E-state index >= 15 is 4.79 Å². The SMILES string of the molecule is CC(=O)O[C@H]1C(=O)[C@@]2(C)[C@H]([C@H](OC(=O)c3ccccc3)[C@]3(O)C[C@H](OC(=O)[C@H](N)[C@@H](NC(=O)c4ccccc4)c4ccccc4)C(C)=C1C3(C)C)[C@]1(OC(C)=O)CO[C@@H]1C[C@@H]2O. The third kappa shape index (κ3) is 7.29. The van der Waals surface area contributed by atoms with Crippen molar-refractivity contribution in [2.45, 2.75) is 108 Å². The number of rotatable bonds is 10. The van der Waals surface area contributed by atoms with Gasteiger partial charge < -0.3 is 44.9 Å². The van der Waals surface area contributed by atoms with Crippen LogP contribution in [0.2, 0.25) is 0 Å². The smallest absolute Gasteiger partial charge is 0.338 e. The predicted octanol–water partition coefficient (Wildman–Crippen LogP) is 3.70. The summed E-state index contributed by atoms with van der Waals surface area (Å²) < 4.78 is 30.5. The van der Waals surface area contributed by atoms with E-state index in [0.717, 1.165) is 13.8 Å². The van der Waals surface area contributed by atoms with Gasteiger partial charge in [-0.25, -0.2) is 4.79 Å². The van der Waals surface area contributed by atoms with E-state index < -0.39 is 113 Å². The molecule has 0 radical (unpaired) electrons. The van der Waals surface area contributed by atoms with Gasteiger partial charge in [-0.1, -0.05) is 80.6 Å². The molecular weight excluding hydrogens is 801 g/mol. The fourth-order valence-corrected chi connectivity index (χ4v) is 10.2. The Morgan fingerprint density at radius 3 is 1.97 bits per heavy atom. The summed E-state index contributed by atoms with van der Waals surface area (Å²) in [6, 6.07) is 22.2. The van der Waals surface area contributed by atoms with Gasteiger partial charge in [-0.05, 0) is 54.8 Å². The van der Waals surface area contributed by atoms with Crippen LogP contribution in [0.25, 0.3) is 0 Å². The first-order valence-corrected chi connectivity index (χ1v) is 20.5. The van der Waals surface area contributed by atoms with Gasteiger partial charge in [0.15, 0.2) is 17.5 Å². The molecule has 62 heavy (non-hydrogen) atoms. The molecule has 3 aromatic rings. The van der Waals surface area contributed by atoms with Crippen LogP contribution in [-0.2, 0) is 42.9 Å². The zero-order valence-electron chi connectivity index (χ0n) is 35.4. The molecule has 5 N–H and O–H groups in total. The number of benzene rings is 3. The van der Waals surface area contributed by atoms with Gasteiger partial charge in [0.1, 0.15) is 30.0 Å². The van der Waals surface area contributed by atoms with E-state index in [1.54, 1.807) is 99.6 Å². The van der Waals surface area contributed by atoms with Gasteiger partial charge in [-0.3, -0.25) is 24.0 Å². The van der Waals surface area contributed by atoms with E-state index in [-0.39, 0.29) is 29.7 Å². The Hall–Kier alpha value is -5.74. The molecule has 1 heterocycles. The molecule has 7 rings (SSSR count). The van der Waals surface area contributed by atoms with Crippen molar-refractivity contribution in [3.05, 3.63) is 119 Å². The molecule has 1 amide bonds. The van der Waals surface area contributed by atoms with Crippen LogP contribution in [-0.4, -0.2) is 100 Å². The standard InChI is InChI=1S/C47H52N2O13/c1-25-31(60-43(56)35(48)36(28-16-10-7-11-17-28)49-41(54)29-18-12-8-13-19-29)23-47(57)40(61-42(55)30-20-14-9-15-21-30)38-45(6,32(52)22-33-46(38,24-58-33)62-27(3)51)39(53)37(59-26(2)50)34(25)44(47,4)5/h7-21,31-33,35-38,40,52,57H,22-24,48H2,1-6H3,(H,49,54)/t31-,32-,33+,35+,36-,37+,38-,40-,45+,46-,47+/m0/s1. The van der Waals surface area contributed by atoms with Gasteiger partial charge in [-0.15, -0.1) is 0 Å².